The van der Waals surface area contributed by atoms with E-state index >= 15 is 0 Å². The van der Waals surface area contributed by atoms with Gasteiger partial charge in [-0.1, -0.05) is 12.1 Å². The molecule has 0 aliphatic heterocycles. The number of hydrazone groups is 1. The number of aromatic nitrogens is 2. The van der Waals surface area contributed by atoms with Crippen LogP contribution in [0.15, 0.2) is 35.7 Å². The number of nitrogens with one attached hydrogen (secondary N) is 1. The number of para-hydroxylation sites is 1. The highest BCUT2D eigenvalue weighted by Gasteiger charge is 2.20. The highest BCUT2D eigenvalue weighted by Crippen LogP contribution is 2.26. The average molecular weight is 303 g/mol. The molecule has 0 aliphatic rings. The SMILES string of the molecule is Nc1ncnc(N/N=C/c2ccccc2[N+](=O)[O-])c1[N+](=O)[O-]. The molecule has 1 aromatic heterocycles. The summed E-state index contributed by atoms with van der Waals surface area (Å²) in [6.07, 6.45) is 2.19. The quantitative estimate of drug-likeness (QED) is 0.474. The van der Waals surface area contributed by atoms with E-state index in [0.717, 1.165) is 12.5 Å². The zero-order valence-electron chi connectivity index (χ0n) is 10.9. The molecular formula is C11H9N7O4. The molecule has 0 unspecified atom stereocenters. The van der Waals surface area contributed by atoms with Crippen molar-refractivity contribution in [3.8, 4) is 0 Å². The topological polar surface area (TPSA) is 162 Å². The van der Waals surface area contributed by atoms with Crippen molar-refractivity contribution in [1.29, 1.82) is 0 Å². The Morgan fingerprint density at radius 1 is 1.18 bits per heavy atom. The van der Waals surface area contributed by atoms with Gasteiger partial charge in [-0.25, -0.2) is 9.97 Å². The molecule has 0 amide bonds. The number of nitrogen functional groups attached to an aromatic ring is 1. The van der Waals surface area contributed by atoms with Crippen LogP contribution in [0.1, 0.15) is 5.56 Å². The third kappa shape index (κ3) is 3.09. The van der Waals surface area contributed by atoms with Gasteiger partial charge in [0.1, 0.15) is 6.33 Å². The Morgan fingerprint density at radius 2 is 1.91 bits per heavy atom. The first-order valence-electron chi connectivity index (χ1n) is 5.78. The van der Waals surface area contributed by atoms with Crippen molar-refractivity contribution >= 4 is 29.2 Å². The van der Waals surface area contributed by atoms with E-state index in [-0.39, 0.29) is 22.9 Å². The van der Waals surface area contributed by atoms with Crippen LogP contribution in [0.25, 0.3) is 0 Å². The molecule has 11 nitrogen and oxygen atoms in total. The number of rotatable bonds is 5. The third-order valence-electron chi connectivity index (χ3n) is 2.54. The first-order valence-corrected chi connectivity index (χ1v) is 5.78. The van der Waals surface area contributed by atoms with Crippen LogP contribution < -0.4 is 11.2 Å². The molecule has 3 N–H and O–H groups in total. The predicted molar refractivity (Wildman–Crippen MR) is 77.4 cm³/mol. The molecular weight excluding hydrogens is 294 g/mol. The Bertz CT molecular complexity index is 762. The van der Waals surface area contributed by atoms with Gasteiger partial charge in [-0.3, -0.25) is 25.7 Å². The van der Waals surface area contributed by atoms with Crippen LogP contribution >= 0.6 is 0 Å². The maximum absolute atomic E-state index is 10.9. The lowest BCUT2D eigenvalue weighted by Crippen LogP contribution is -2.05. The van der Waals surface area contributed by atoms with E-state index in [1.807, 2.05) is 0 Å². The minimum absolute atomic E-state index is 0.148. The zero-order chi connectivity index (χ0) is 16.1. The van der Waals surface area contributed by atoms with Crippen LogP contribution in [0.4, 0.5) is 23.0 Å². The van der Waals surface area contributed by atoms with Gasteiger partial charge in [-0.05, 0) is 6.07 Å². The molecule has 22 heavy (non-hydrogen) atoms. The van der Waals surface area contributed by atoms with Crippen LogP contribution in [0.5, 0.6) is 0 Å². The Labute approximate surface area is 122 Å². The third-order valence-corrected chi connectivity index (χ3v) is 2.54. The molecule has 1 aromatic carbocycles. The second-order valence-corrected chi connectivity index (χ2v) is 3.90. The lowest BCUT2D eigenvalue weighted by Gasteiger charge is -2.02. The van der Waals surface area contributed by atoms with Gasteiger partial charge in [-0.15, -0.1) is 0 Å². The number of hydrogen-bond donors (Lipinski definition) is 2. The molecule has 0 atom stereocenters. The van der Waals surface area contributed by atoms with E-state index < -0.39 is 15.5 Å². The Hall–Kier alpha value is -3.63. The van der Waals surface area contributed by atoms with Crippen LogP contribution in [0.3, 0.4) is 0 Å². The fourth-order valence-electron chi connectivity index (χ4n) is 1.58. The summed E-state index contributed by atoms with van der Waals surface area (Å²) >= 11 is 0. The molecule has 0 fully saturated rings. The van der Waals surface area contributed by atoms with Crippen LogP contribution in [-0.2, 0) is 0 Å². The molecule has 2 aromatic rings. The summed E-state index contributed by atoms with van der Waals surface area (Å²) in [7, 11) is 0. The maximum atomic E-state index is 10.9. The van der Waals surface area contributed by atoms with E-state index in [2.05, 4.69) is 20.5 Å². The number of nitro groups is 2. The second kappa shape index (κ2) is 6.21. The maximum Gasteiger partial charge on any atom is 0.354 e. The van der Waals surface area contributed by atoms with E-state index in [0.29, 0.717) is 0 Å². The molecule has 0 spiro atoms. The molecule has 0 aliphatic carbocycles. The summed E-state index contributed by atoms with van der Waals surface area (Å²) in [4.78, 5) is 27.6. The number of anilines is 2. The van der Waals surface area contributed by atoms with Crippen molar-refractivity contribution < 1.29 is 9.85 Å². The summed E-state index contributed by atoms with van der Waals surface area (Å²) in [6.45, 7) is 0. The predicted octanol–water partition coefficient (Wildman–Crippen LogP) is 1.32. The molecule has 0 bridgehead atoms. The van der Waals surface area contributed by atoms with Crippen LogP contribution in [-0.4, -0.2) is 26.0 Å². The summed E-state index contributed by atoms with van der Waals surface area (Å²) in [5, 5.41) is 25.4. The number of nitro benzene ring substituents is 1. The van der Waals surface area contributed by atoms with Crippen molar-refractivity contribution in [2.75, 3.05) is 11.2 Å². The number of nitrogens with two attached hydrogens (primary N) is 1. The van der Waals surface area contributed by atoms with Crippen molar-refractivity contribution in [3.63, 3.8) is 0 Å². The first kappa shape index (κ1) is 14.8. The van der Waals surface area contributed by atoms with Crippen molar-refractivity contribution in [2.45, 2.75) is 0 Å². The molecule has 112 valence electrons. The Balaban J connectivity index is 2.26. The standard InChI is InChI=1S/C11H9N7O4/c12-10-9(18(21)22)11(14-6-13-10)16-15-5-7-3-1-2-4-8(7)17(19)20/h1-6H,(H3,12,13,14,16)/b15-5+. The summed E-state index contributed by atoms with van der Waals surface area (Å²) in [6, 6.07) is 5.90. The fraction of sp³-hybridized carbons (Fsp3) is 0. The molecule has 0 saturated heterocycles. The minimum Gasteiger partial charge on any atom is -0.378 e. The first-order chi connectivity index (χ1) is 10.5. The van der Waals surface area contributed by atoms with Gasteiger partial charge in [0.25, 0.3) is 5.69 Å². The van der Waals surface area contributed by atoms with Crippen LogP contribution in [0.2, 0.25) is 0 Å². The minimum atomic E-state index is -0.752. The average Bonchev–Trinajstić information content (AvgIpc) is 2.47. The van der Waals surface area contributed by atoms with Gasteiger partial charge in [0.2, 0.25) is 11.6 Å². The number of hydrogen-bond acceptors (Lipinski definition) is 9. The summed E-state index contributed by atoms with van der Waals surface area (Å²) in [5.74, 6) is -0.532. The van der Waals surface area contributed by atoms with Gasteiger partial charge in [0.05, 0.1) is 21.6 Å². The highest BCUT2D eigenvalue weighted by molar-refractivity contribution is 5.85. The number of nitrogens with zero attached hydrogens (tertiary/aromatic N) is 5. The van der Waals surface area contributed by atoms with E-state index in [9.17, 15) is 20.2 Å². The van der Waals surface area contributed by atoms with Gasteiger partial charge in [-0.2, -0.15) is 5.10 Å². The normalized spacial score (nSPS) is 10.5. The lowest BCUT2D eigenvalue weighted by molar-refractivity contribution is -0.385. The molecule has 11 heteroatoms. The van der Waals surface area contributed by atoms with E-state index in [1.165, 1.54) is 18.2 Å². The van der Waals surface area contributed by atoms with Crippen molar-refractivity contribution in [2.24, 2.45) is 5.10 Å². The Morgan fingerprint density at radius 3 is 2.59 bits per heavy atom. The van der Waals surface area contributed by atoms with Gasteiger partial charge >= 0.3 is 5.69 Å². The van der Waals surface area contributed by atoms with Crippen molar-refractivity contribution in [3.05, 3.63) is 56.4 Å². The number of benzene rings is 1. The molecule has 1 heterocycles. The lowest BCUT2D eigenvalue weighted by atomic mass is 10.2. The van der Waals surface area contributed by atoms with E-state index in [1.54, 1.807) is 6.07 Å². The largest absolute Gasteiger partial charge is 0.378 e. The smallest absolute Gasteiger partial charge is 0.354 e. The Kier molecular flexibility index (Phi) is 4.17. The monoisotopic (exact) mass is 303 g/mol. The summed E-state index contributed by atoms with van der Waals surface area (Å²) < 4.78 is 0. The molecule has 0 radical (unpaired) electrons. The molecule has 0 saturated carbocycles. The van der Waals surface area contributed by atoms with Gasteiger partial charge < -0.3 is 5.73 Å². The fourth-order valence-corrected chi connectivity index (χ4v) is 1.58. The van der Waals surface area contributed by atoms with E-state index in [4.69, 9.17) is 5.73 Å². The van der Waals surface area contributed by atoms with Crippen LogP contribution in [0, 0.1) is 20.2 Å². The highest BCUT2D eigenvalue weighted by atomic mass is 16.6. The van der Waals surface area contributed by atoms with Gasteiger partial charge in [0.15, 0.2) is 0 Å². The molecule has 2 rings (SSSR count). The van der Waals surface area contributed by atoms with Gasteiger partial charge in [0, 0.05) is 6.07 Å². The van der Waals surface area contributed by atoms with Crippen molar-refractivity contribution in [1.82, 2.24) is 9.97 Å². The zero-order valence-corrected chi connectivity index (χ0v) is 10.9. The summed E-state index contributed by atoms with van der Waals surface area (Å²) in [5.41, 5.74) is 7.27. The second-order valence-electron chi connectivity index (χ2n) is 3.90.